The van der Waals surface area contributed by atoms with Crippen molar-refractivity contribution in [1.82, 2.24) is 9.97 Å². The van der Waals surface area contributed by atoms with Gasteiger partial charge in [-0.2, -0.15) is 13.2 Å². The smallest absolute Gasteiger partial charge is 0.433 e. The Morgan fingerprint density at radius 1 is 1.17 bits per heavy atom. The third kappa shape index (κ3) is 3.30. The van der Waals surface area contributed by atoms with Crippen LogP contribution in [0.5, 0.6) is 11.5 Å². The van der Waals surface area contributed by atoms with Crippen LogP contribution in [0.4, 0.5) is 19.1 Å². The van der Waals surface area contributed by atoms with Gasteiger partial charge in [0.15, 0.2) is 11.5 Å². The Bertz CT molecular complexity index is 707. The Morgan fingerprint density at radius 2 is 1.96 bits per heavy atom. The number of anilines is 1. The van der Waals surface area contributed by atoms with E-state index in [0.29, 0.717) is 24.6 Å². The molecule has 23 heavy (non-hydrogen) atoms. The van der Waals surface area contributed by atoms with E-state index in [1.807, 2.05) is 13.0 Å². The van der Waals surface area contributed by atoms with Gasteiger partial charge in [0.05, 0.1) is 0 Å². The molecule has 5 nitrogen and oxygen atoms in total. The van der Waals surface area contributed by atoms with Crippen molar-refractivity contribution in [3.8, 4) is 11.5 Å². The van der Waals surface area contributed by atoms with Crippen molar-refractivity contribution in [3.05, 3.63) is 41.7 Å². The molecule has 8 heteroatoms. The second kappa shape index (κ2) is 5.94. The lowest BCUT2D eigenvalue weighted by Crippen LogP contribution is -2.25. The minimum atomic E-state index is -4.49. The van der Waals surface area contributed by atoms with Crippen LogP contribution in [0, 0.1) is 0 Å². The predicted octanol–water partition coefficient (Wildman–Crippen LogP) is 3.25. The maximum absolute atomic E-state index is 12.8. The van der Waals surface area contributed by atoms with Crippen LogP contribution < -0.4 is 14.4 Å². The lowest BCUT2D eigenvalue weighted by molar-refractivity contribution is -0.141. The fourth-order valence-electron chi connectivity index (χ4n) is 2.24. The van der Waals surface area contributed by atoms with Gasteiger partial charge in [-0.15, -0.1) is 0 Å². The fraction of sp³-hybridized carbons (Fsp3) is 0.333. The molecule has 0 atom stereocenters. The molecule has 1 aromatic carbocycles. The van der Waals surface area contributed by atoms with Gasteiger partial charge < -0.3 is 14.4 Å². The monoisotopic (exact) mass is 325 g/mol. The number of aromatic nitrogens is 2. The van der Waals surface area contributed by atoms with Gasteiger partial charge in [-0.05, 0) is 30.7 Å². The van der Waals surface area contributed by atoms with Gasteiger partial charge in [-0.1, -0.05) is 6.07 Å². The van der Waals surface area contributed by atoms with Gasteiger partial charge in [-0.3, -0.25) is 0 Å². The first kappa shape index (κ1) is 15.4. The maximum Gasteiger partial charge on any atom is 0.433 e. The zero-order valence-corrected chi connectivity index (χ0v) is 12.3. The molecule has 0 fully saturated rings. The molecule has 1 aliphatic rings. The number of hydrogen-bond acceptors (Lipinski definition) is 5. The van der Waals surface area contributed by atoms with Crippen LogP contribution in [0.25, 0.3) is 0 Å². The summed E-state index contributed by atoms with van der Waals surface area (Å²) in [6, 6.07) is 6.28. The van der Waals surface area contributed by atoms with Crippen molar-refractivity contribution >= 4 is 5.95 Å². The number of halogens is 3. The largest absolute Gasteiger partial charge is 0.454 e. The number of fused-ring (bicyclic) bond motifs is 1. The zero-order valence-electron chi connectivity index (χ0n) is 12.3. The van der Waals surface area contributed by atoms with Gasteiger partial charge in [-0.25, -0.2) is 9.97 Å². The molecule has 2 aromatic rings. The topological polar surface area (TPSA) is 47.5 Å². The van der Waals surface area contributed by atoms with Crippen LogP contribution in [0.2, 0.25) is 0 Å². The average molecular weight is 325 g/mol. The van der Waals surface area contributed by atoms with Crippen molar-refractivity contribution in [2.24, 2.45) is 0 Å². The van der Waals surface area contributed by atoms with Gasteiger partial charge in [0, 0.05) is 19.3 Å². The van der Waals surface area contributed by atoms with Crippen LogP contribution in [0.1, 0.15) is 18.2 Å². The summed E-state index contributed by atoms with van der Waals surface area (Å²) in [6.45, 7) is 2.84. The Morgan fingerprint density at radius 3 is 2.70 bits per heavy atom. The van der Waals surface area contributed by atoms with Gasteiger partial charge in [0.1, 0.15) is 5.69 Å². The Kier molecular flexibility index (Phi) is 3.97. The Labute approximate surface area is 130 Å². The van der Waals surface area contributed by atoms with Crippen molar-refractivity contribution in [2.75, 3.05) is 18.2 Å². The van der Waals surface area contributed by atoms with E-state index >= 15 is 0 Å². The van der Waals surface area contributed by atoms with Gasteiger partial charge >= 0.3 is 6.18 Å². The lowest BCUT2D eigenvalue weighted by atomic mass is 10.2. The fourth-order valence-corrected chi connectivity index (χ4v) is 2.24. The quantitative estimate of drug-likeness (QED) is 0.863. The van der Waals surface area contributed by atoms with Gasteiger partial charge in [0.25, 0.3) is 0 Å². The van der Waals surface area contributed by atoms with Crippen molar-refractivity contribution in [3.63, 3.8) is 0 Å². The summed E-state index contributed by atoms with van der Waals surface area (Å²) >= 11 is 0. The number of rotatable bonds is 4. The molecule has 0 saturated heterocycles. The van der Waals surface area contributed by atoms with E-state index in [1.54, 1.807) is 17.0 Å². The average Bonchev–Trinajstić information content (AvgIpc) is 2.99. The molecule has 122 valence electrons. The minimum absolute atomic E-state index is 0.0417. The van der Waals surface area contributed by atoms with E-state index < -0.39 is 11.9 Å². The highest BCUT2D eigenvalue weighted by atomic mass is 19.4. The van der Waals surface area contributed by atoms with E-state index in [2.05, 4.69) is 9.97 Å². The standard InChI is InChI=1S/C15H14F3N3O2/c1-2-21(14-19-6-5-13(20-14)15(16,17)18)8-10-3-4-11-12(7-10)23-9-22-11/h3-7H,2,8-9H2,1H3. The Balaban J connectivity index is 1.83. The highest BCUT2D eigenvalue weighted by molar-refractivity contribution is 5.45. The first-order valence-corrected chi connectivity index (χ1v) is 7.01. The highest BCUT2D eigenvalue weighted by Gasteiger charge is 2.33. The van der Waals surface area contributed by atoms with Crippen molar-refractivity contribution in [1.29, 1.82) is 0 Å². The highest BCUT2D eigenvalue weighted by Crippen LogP contribution is 2.33. The van der Waals surface area contributed by atoms with E-state index in [9.17, 15) is 13.2 Å². The third-order valence-electron chi connectivity index (χ3n) is 3.41. The molecule has 0 bridgehead atoms. The van der Waals surface area contributed by atoms with Crippen LogP contribution in [0.15, 0.2) is 30.5 Å². The number of hydrogen-bond donors (Lipinski definition) is 0. The molecule has 0 saturated carbocycles. The molecule has 1 aromatic heterocycles. The summed E-state index contributed by atoms with van der Waals surface area (Å²) in [7, 11) is 0. The van der Waals surface area contributed by atoms with Crippen LogP contribution in [-0.4, -0.2) is 23.3 Å². The summed E-state index contributed by atoms with van der Waals surface area (Å²) < 4.78 is 48.9. The molecule has 0 amide bonds. The lowest BCUT2D eigenvalue weighted by Gasteiger charge is -2.21. The summed E-state index contributed by atoms with van der Waals surface area (Å²) in [4.78, 5) is 9.23. The summed E-state index contributed by atoms with van der Waals surface area (Å²) in [5.74, 6) is 1.33. The second-order valence-corrected chi connectivity index (χ2v) is 4.94. The molecule has 0 unspecified atom stereocenters. The van der Waals surface area contributed by atoms with Gasteiger partial charge in [0.2, 0.25) is 12.7 Å². The summed E-state index contributed by atoms with van der Waals surface area (Å²) in [5, 5.41) is 0. The number of ether oxygens (including phenoxy) is 2. The van der Waals surface area contributed by atoms with E-state index in [-0.39, 0.29) is 12.7 Å². The molecule has 1 aliphatic heterocycles. The zero-order chi connectivity index (χ0) is 16.4. The van der Waals surface area contributed by atoms with Crippen molar-refractivity contribution < 1.29 is 22.6 Å². The SMILES string of the molecule is CCN(Cc1ccc2c(c1)OCO2)c1nccc(C(F)(F)F)n1. The first-order chi connectivity index (χ1) is 11.0. The number of benzene rings is 1. The second-order valence-electron chi connectivity index (χ2n) is 4.94. The maximum atomic E-state index is 12.8. The number of alkyl halides is 3. The van der Waals surface area contributed by atoms with E-state index in [1.165, 1.54) is 0 Å². The molecule has 0 spiro atoms. The van der Waals surface area contributed by atoms with E-state index in [4.69, 9.17) is 9.47 Å². The molecular weight excluding hydrogens is 311 g/mol. The normalized spacial score (nSPS) is 13.2. The van der Waals surface area contributed by atoms with Crippen LogP contribution in [-0.2, 0) is 12.7 Å². The molecule has 3 rings (SSSR count). The first-order valence-electron chi connectivity index (χ1n) is 7.01. The molecule has 0 N–H and O–H groups in total. The molecule has 0 radical (unpaired) electrons. The van der Waals surface area contributed by atoms with E-state index in [0.717, 1.165) is 17.8 Å². The van der Waals surface area contributed by atoms with Crippen molar-refractivity contribution in [2.45, 2.75) is 19.6 Å². The summed E-state index contributed by atoms with van der Waals surface area (Å²) in [6.07, 6.45) is -3.37. The number of nitrogens with zero attached hydrogens (tertiary/aromatic N) is 3. The minimum Gasteiger partial charge on any atom is -0.454 e. The molecular formula is C15H14F3N3O2. The van der Waals surface area contributed by atoms with Crippen LogP contribution >= 0.6 is 0 Å². The van der Waals surface area contributed by atoms with Crippen LogP contribution in [0.3, 0.4) is 0 Å². The third-order valence-corrected chi connectivity index (χ3v) is 3.41. The molecule has 2 heterocycles. The summed E-state index contributed by atoms with van der Waals surface area (Å²) in [5.41, 5.74) is -0.0799. The predicted molar refractivity (Wildman–Crippen MR) is 76.3 cm³/mol. The Hall–Kier alpha value is -2.51. The molecule has 0 aliphatic carbocycles.